The van der Waals surface area contributed by atoms with Gasteiger partial charge in [0.25, 0.3) is 5.91 Å². The smallest absolute Gasteiger partial charge is 0.274 e. The van der Waals surface area contributed by atoms with Crippen LogP contribution in [0.2, 0.25) is 0 Å². The maximum atomic E-state index is 12.7. The minimum absolute atomic E-state index is 0.295. The van der Waals surface area contributed by atoms with E-state index in [0.717, 1.165) is 28.0 Å². The molecule has 132 valence electrons. The van der Waals surface area contributed by atoms with Crippen molar-refractivity contribution in [1.29, 1.82) is 5.26 Å². The first kappa shape index (κ1) is 16.7. The minimum Gasteiger partial charge on any atom is -0.472 e. The number of furan rings is 1. The van der Waals surface area contributed by atoms with Crippen LogP contribution in [0, 0.1) is 11.3 Å². The Balaban J connectivity index is 1.61. The number of carbonyl (C=O) groups excluding carboxylic acids is 1. The normalized spacial score (nSPS) is 12.2. The Labute approximate surface area is 156 Å². The number of hydrogen-bond acceptors (Lipinski definition) is 5. The summed E-state index contributed by atoms with van der Waals surface area (Å²) in [7, 11) is 0. The van der Waals surface area contributed by atoms with Gasteiger partial charge in [-0.25, -0.2) is 4.98 Å². The zero-order chi connectivity index (χ0) is 18.8. The average Bonchev–Trinajstić information content (AvgIpc) is 3.36. The van der Waals surface area contributed by atoms with E-state index in [1.807, 2.05) is 37.3 Å². The molecule has 3 heterocycles. The topological polar surface area (TPSA) is 91.3 Å². The molecule has 6 heteroatoms. The van der Waals surface area contributed by atoms with Crippen LogP contribution >= 0.6 is 0 Å². The number of nitrogens with one attached hydrogen (secondary N) is 1. The molecular formula is C21H16N4O2. The lowest BCUT2D eigenvalue weighted by atomic mass is 10.0. The second-order valence-electron chi connectivity index (χ2n) is 6.20. The lowest BCUT2D eigenvalue weighted by Gasteiger charge is -2.10. The summed E-state index contributed by atoms with van der Waals surface area (Å²) in [4.78, 5) is 21.4. The molecule has 6 nitrogen and oxygen atoms in total. The minimum atomic E-state index is -0.295. The van der Waals surface area contributed by atoms with E-state index in [4.69, 9.17) is 9.68 Å². The first-order valence-corrected chi connectivity index (χ1v) is 8.60. The summed E-state index contributed by atoms with van der Waals surface area (Å²) in [6, 6.07) is 11.4. The zero-order valence-electron chi connectivity index (χ0n) is 14.7. The number of aryl methyl sites for hydroxylation is 1. The van der Waals surface area contributed by atoms with Gasteiger partial charge in [0.05, 0.1) is 30.3 Å². The van der Waals surface area contributed by atoms with Crippen LogP contribution in [0.3, 0.4) is 0 Å². The van der Waals surface area contributed by atoms with Crippen LogP contribution in [0.25, 0.3) is 0 Å². The SMILES string of the molecule is CCc1cc(C#N)cnc1C(=O)Nc1ccc2c(c1)C(c1ccoc1)=NC2. The van der Waals surface area contributed by atoms with E-state index in [1.54, 1.807) is 18.6 Å². The van der Waals surface area contributed by atoms with Crippen molar-refractivity contribution in [3.05, 3.63) is 82.6 Å². The number of fused-ring (bicyclic) bond motifs is 1. The standard InChI is InChI=1S/C21H16N4O2/c1-2-14-7-13(9-22)10-23-20(14)21(26)25-17-4-3-15-11-24-19(18(15)8-17)16-5-6-27-12-16/h3-8,10,12H,2,11H2,1H3,(H,25,26). The lowest BCUT2D eigenvalue weighted by Crippen LogP contribution is -2.16. The number of aromatic nitrogens is 1. The molecule has 0 unspecified atom stereocenters. The fraction of sp³-hybridized carbons (Fsp3) is 0.143. The Morgan fingerprint density at radius 1 is 1.33 bits per heavy atom. The molecule has 0 bridgehead atoms. The van der Waals surface area contributed by atoms with Crippen LogP contribution in [0.4, 0.5) is 5.69 Å². The van der Waals surface area contributed by atoms with Gasteiger partial charge >= 0.3 is 0 Å². The number of rotatable bonds is 4. The molecule has 0 atom stereocenters. The van der Waals surface area contributed by atoms with Crippen LogP contribution in [0.1, 0.15) is 45.2 Å². The van der Waals surface area contributed by atoms with Gasteiger partial charge in [-0.05, 0) is 41.8 Å². The molecular weight excluding hydrogens is 340 g/mol. The van der Waals surface area contributed by atoms with Crippen molar-refractivity contribution in [3.63, 3.8) is 0 Å². The average molecular weight is 356 g/mol. The van der Waals surface area contributed by atoms with Gasteiger partial charge in [0.15, 0.2) is 0 Å². The summed E-state index contributed by atoms with van der Waals surface area (Å²) >= 11 is 0. The van der Waals surface area contributed by atoms with Crippen molar-refractivity contribution in [2.45, 2.75) is 19.9 Å². The number of aliphatic imine (C=N–C) groups is 1. The Bertz CT molecular complexity index is 1090. The molecule has 1 aliphatic rings. The van der Waals surface area contributed by atoms with Crippen molar-refractivity contribution in [2.75, 3.05) is 5.32 Å². The highest BCUT2D eigenvalue weighted by atomic mass is 16.3. The molecule has 1 aromatic carbocycles. The first-order chi connectivity index (χ1) is 13.2. The highest BCUT2D eigenvalue weighted by Gasteiger charge is 2.20. The molecule has 1 aliphatic heterocycles. The molecule has 0 aliphatic carbocycles. The van der Waals surface area contributed by atoms with Gasteiger partial charge in [0, 0.05) is 23.0 Å². The van der Waals surface area contributed by atoms with E-state index in [1.165, 1.54) is 6.20 Å². The zero-order valence-corrected chi connectivity index (χ0v) is 14.7. The molecule has 0 saturated carbocycles. The second-order valence-corrected chi connectivity index (χ2v) is 6.20. The van der Waals surface area contributed by atoms with Crippen LogP contribution in [0.15, 0.2) is 58.5 Å². The Morgan fingerprint density at radius 2 is 2.22 bits per heavy atom. The number of benzene rings is 1. The largest absolute Gasteiger partial charge is 0.472 e. The predicted octanol–water partition coefficient (Wildman–Crippen LogP) is 3.71. The van der Waals surface area contributed by atoms with Gasteiger partial charge in [-0.15, -0.1) is 0 Å². The number of anilines is 1. The van der Waals surface area contributed by atoms with Gasteiger partial charge in [-0.2, -0.15) is 5.26 Å². The van der Waals surface area contributed by atoms with E-state index in [-0.39, 0.29) is 5.91 Å². The van der Waals surface area contributed by atoms with E-state index in [2.05, 4.69) is 15.3 Å². The number of hydrogen-bond donors (Lipinski definition) is 1. The molecule has 0 saturated heterocycles. The van der Waals surface area contributed by atoms with E-state index < -0.39 is 0 Å². The summed E-state index contributed by atoms with van der Waals surface area (Å²) in [6.45, 7) is 2.54. The Morgan fingerprint density at radius 3 is 2.96 bits per heavy atom. The number of amides is 1. The van der Waals surface area contributed by atoms with Gasteiger partial charge in [0.2, 0.25) is 0 Å². The van der Waals surface area contributed by atoms with Crippen molar-refractivity contribution < 1.29 is 9.21 Å². The van der Waals surface area contributed by atoms with Crippen molar-refractivity contribution in [2.24, 2.45) is 4.99 Å². The molecule has 0 radical (unpaired) electrons. The monoisotopic (exact) mass is 356 g/mol. The molecule has 3 aromatic rings. The van der Waals surface area contributed by atoms with Crippen LogP contribution in [0.5, 0.6) is 0 Å². The number of carbonyl (C=O) groups is 1. The Hall–Kier alpha value is -3.72. The molecule has 4 rings (SSSR count). The highest BCUT2D eigenvalue weighted by Crippen LogP contribution is 2.26. The van der Waals surface area contributed by atoms with E-state index >= 15 is 0 Å². The summed E-state index contributed by atoms with van der Waals surface area (Å²) in [5.74, 6) is -0.295. The van der Waals surface area contributed by atoms with E-state index in [0.29, 0.717) is 29.9 Å². The van der Waals surface area contributed by atoms with Crippen molar-refractivity contribution in [3.8, 4) is 6.07 Å². The van der Waals surface area contributed by atoms with Crippen molar-refractivity contribution >= 4 is 17.3 Å². The predicted molar refractivity (Wildman–Crippen MR) is 101 cm³/mol. The van der Waals surface area contributed by atoms with Gasteiger partial charge in [-0.3, -0.25) is 9.79 Å². The van der Waals surface area contributed by atoms with Crippen LogP contribution in [-0.4, -0.2) is 16.6 Å². The van der Waals surface area contributed by atoms with Gasteiger partial charge in [-0.1, -0.05) is 13.0 Å². The van der Waals surface area contributed by atoms with Crippen molar-refractivity contribution in [1.82, 2.24) is 4.98 Å². The quantitative estimate of drug-likeness (QED) is 0.771. The third-order valence-corrected chi connectivity index (χ3v) is 4.52. The van der Waals surface area contributed by atoms with E-state index in [9.17, 15) is 4.79 Å². The van der Waals surface area contributed by atoms with Gasteiger partial charge in [0.1, 0.15) is 11.8 Å². The molecule has 2 aromatic heterocycles. The first-order valence-electron chi connectivity index (χ1n) is 8.60. The molecule has 27 heavy (non-hydrogen) atoms. The maximum absolute atomic E-state index is 12.7. The third kappa shape index (κ3) is 3.11. The summed E-state index contributed by atoms with van der Waals surface area (Å²) in [5.41, 5.74) is 6.06. The number of nitrogens with zero attached hydrogens (tertiary/aromatic N) is 3. The fourth-order valence-corrected chi connectivity index (χ4v) is 3.14. The molecule has 0 fully saturated rings. The summed E-state index contributed by atoms with van der Waals surface area (Å²) in [6.07, 6.45) is 5.31. The molecule has 1 amide bonds. The van der Waals surface area contributed by atoms with Crippen LogP contribution in [-0.2, 0) is 13.0 Å². The number of pyridine rings is 1. The van der Waals surface area contributed by atoms with Gasteiger partial charge < -0.3 is 9.73 Å². The number of nitriles is 1. The molecule has 1 N–H and O–H groups in total. The lowest BCUT2D eigenvalue weighted by molar-refractivity contribution is 0.102. The van der Waals surface area contributed by atoms with Crippen LogP contribution < -0.4 is 5.32 Å². The second kappa shape index (κ2) is 6.89. The third-order valence-electron chi connectivity index (χ3n) is 4.52. The summed E-state index contributed by atoms with van der Waals surface area (Å²) in [5, 5.41) is 11.9. The highest BCUT2D eigenvalue weighted by molar-refractivity contribution is 6.15. The maximum Gasteiger partial charge on any atom is 0.274 e. The molecule has 0 spiro atoms. The Kier molecular flexibility index (Phi) is 4.27. The fourth-order valence-electron chi connectivity index (χ4n) is 3.14. The summed E-state index contributed by atoms with van der Waals surface area (Å²) < 4.78 is 5.16.